The number of ketones is 1. The molecule has 1 unspecified atom stereocenters. The molecule has 0 spiro atoms. The molecule has 7 heteroatoms. The van der Waals surface area contributed by atoms with Gasteiger partial charge >= 0.3 is 0 Å². The molecule has 2 aromatic carbocycles. The first-order valence-electron chi connectivity index (χ1n) is 9.30. The summed E-state index contributed by atoms with van der Waals surface area (Å²) in [5.41, 5.74) is 14.9. The number of benzene rings is 2. The van der Waals surface area contributed by atoms with Gasteiger partial charge in [-0.2, -0.15) is 0 Å². The molecular formula is C23H18Cl2N2O3. The van der Waals surface area contributed by atoms with Gasteiger partial charge in [0.15, 0.2) is 5.76 Å². The van der Waals surface area contributed by atoms with Crippen LogP contribution in [0.3, 0.4) is 0 Å². The Labute approximate surface area is 182 Å². The van der Waals surface area contributed by atoms with Crippen molar-refractivity contribution in [3.8, 4) is 11.1 Å². The predicted octanol–water partition coefficient (Wildman–Crippen LogP) is 5.16. The molecule has 3 aromatic rings. The minimum absolute atomic E-state index is 0.0904. The van der Waals surface area contributed by atoms with Crippen molar-refractivity contribution in [3.63, 3.8) is 0 Å². The number of amides is 1. The maximum atomic E-state index is 13.0. The predicted molar refractivity (Wildman–Crippen MR) is 119 cm³/mol. The van der Waals surface area contributed by atoms with E-state index in [4.69, 9.17) is 39.1 Å². The quantitative estimate of drug-likeness (QED) is 0.535. The first-order chi connectivity index (χ1) is 14.3. The summed E-state index contributed by atoms with van der Waals surface area (Å²) in [5.74, 6) is -1.15. The van der Waals surface area contributed by atoms with Crippen molar-refractivity contribution in [2.24, 2.45) is 11.7 Å². The largest absolute Gasteiger partial charge is 0.451 e. The van der Waals surface area contributed by atoms with Gasteiger partial charge in [-0.05, 0) is 41.3 Å². The van der Waals surface area contributed by atoms with Crippen molar-refractivity contribution in [3.05, 3.63) is 76.0 Å². The van der Waals surface area contributed by atoms with Crippen molar-refractivity contribution in [1.82, 2.24) is 0 Å². The highest BCUT2D eigenvalue weighted by molar-refractivity contribution is 6.36. The van der Waals surface area contributed by atoms with E-state index in [9.17, 15) is 9.59 Å². The van der Waals surface area contributed by atoms with Gasteiger partial charge in [-0.25, -0.2) is 0 Å². The van der Waals surface area contributed by atoms with Crippen LogP contribution in [0, 0.1) is 5.92 Å². The molecular weight excluding hydrogens is 423 g/mol. The lowest BCUT2D eigenvalue weighted by Gasteiger charge is -2.15. The second-order valence-corrected chi connectivity index (χ2v) is 8.04. The number of furan rings is 1. The van der Waals surface area contributed by atoms with E-state index in [2.05, 4.69) is 0 Å². The Morgan fingerprint density at radius 3 is 2.60 bits per heavy atom. The summed E-state index contributed by atoms with van der Waals surface area (Å²) in [5, 5.41) is 1.52. The number of carbonyl (C=O) groups is 2. The van der Waals surface area contributed by atoms with E-state index < -0.39 is 11.8 Å². The summed E-state index contributed by atoms with van der Waals surface area (Å²) in [4.78, 5) is 24.2. The molecule has 1 aliphatic carbocycles. The van der Waals surface area contributed by atoms with Gasteiger partial charge in [-0.3, -0.25) is 9.59 Å². The number of hydrogen-bond donors (Lipinski definition) is 2. The van der Waals surface area contributed by atoms with Crippen LogP contribution in [0.2, 0.25) is 0 Å². The Balaban J connectivity index is 1.69. The van der Waals surface area contributed by atoms with Crippen molar-refractivity contribution >= 4 is 51.5 Å². The highest BCUT2D eigenvalue weighted by atomic mass is 35.5. The number of rotatable bonds is 5. The number of Topliss-reactive ketones (excluding diaryl/α,β-unsaturated/α-hetero) is 1. The molecule has 152 valence electrons. The lowest BCUT2D eigenvalue weighted by Crippen LogP contribution is -2.17. The van der Waals surface area contributed by atoms with Crippen LogP contribution in [-0.2, 0) is 11.2 Å². The van der Waals surface area contributed by atoms with E-state index >= 15 is 0 Å². The van der Waals surface area contributed by atoms with Gasteiger partial charge in [0, 0.05) is 15.5 Å². The number of halogens is 2. The fourth-order valence-corrected chi connectivity index (χ4v) is 4.13. The zero-order chi connectivity index (χ0) is 21.4. The van der Waals surface area contributed by atoms with Gasteiger partial charge in [-0.15, -0.1) is 0 Å². The van der Waals surface area contributed by atoms with Crippen LogP contribution in [-0.4, -0.2) is 11.7 Å². The number of anilines is 1. The normalized spacial score (nSPS) is 16.3. The Hall–Kier alpha value is -3.02. The van der Waals surface area contributed by atoms with Gasteiger partial charge in [0.25, 0.3) is 0 Å². The molecule has 0 saturated heterocycles. The van der Waals surface area contributed by atoms with Crippen molar-refractivity contribution in [2.45, 2.75) is 12.8 Å². The van der Waals surface area contributed by atoms with Gasteiger partial charge in [0.05, 0.1) is 18.0 Å². The molecule has 1 aromatic heterocycles. The Morgan fingerprint density at radius 2 is 1.87 bits per heavy atom. The number of hydrogen-bond acceptors (Lipinski definition) is 4. The van der Waals surface area contributed by atoms with Gasteiger partial charge in [0.1, 0.15) is 5.58 Å². The molecule has 30 heavy (non-hydrogen) atoms. The lowest BCUT2D eigenvalue weighted by atomic mass is 9.93. The Kier molecular flexibility index (Phi) is 5.41. The van der Waals surface area contributed by atoms with Gasteiger partial charge in [0.2, 0.25) is 11.7 Å². The van der Waals surface area contributed by atoms with Crippen molar-refractivity contribution in [2.75, 3.05) is 5.73 Å². The molecule has 0 saturated carbocycles. The third-order valence-electron chi connectivity index (χ3n) is 5.06. The molecule has 1 heterocycles. The lowest BCUT2D eigenvalue weighted by molar-refractivity contribution is -0.117. The molecule has 0 radical (unpaired) electrons. The summed E-state index contributed by atoms with van der Waals surface area (Å²) >= 11 is 12.2. The number of allylic oxidation sites excluding steroid dienone is 4. The maximum Gasteiger partial charge on any atom is 0.221 e. The standard InChI is InChI=1S/C23H18Cl2N2O3/c24-15-5-7-16(18(25)11-15)22(29)23-21(27)17-6-4-14(10-19(17)30-23)13-3-1-2-12(8-13)9-20(26)28/h1-6,8,10-11,16H,7,9,27H2,(H2,26,28). The molecule has 4 rings (SSSR count). The zero-order valence-corrected chi connectivity index (χ0v) is 17.3. The molecule has 1 amide bonds. The fraction of sp³-hybridized carbons (Fsp3) is 0.130. The van der Waals surface area contributed by atoms with Gasteiger partial charge in [-0.1, -0.05) is 59.6 Å². The van der Waals surface area contributed by atoms with Crippen LogP contribution in [0.1, 0.15) is 22.5 Å². The maximum absolute atomic E-state index is 13.0. The van der Waals surface area contributed by atoms with Crippen molar-refractivity contribution in [1.29, 1.82) is 0 Å². The molecule has 4 N–H and O–H groups in total. The summed E-state index contributed by atoms with van der Waals surface area (Å²) in [6, 6.07) is 13.1. The summed E-state index contributed by atoms with van der Waals surface area (Å²) in [6.45, 7) is 0. The molecule has 0 aliphatic heterocycles. The van der Waals surface area contributed by atoms with Crippen LogP contribution in [0.15, 0.2) is 69.1 Å². The minimum Gasteiger partial charge on any atom is -0.451 e. The molecule has 0 fully saturated rings. The molecule has 0 bridgehead atoms. The second-order valence-electron chi connectivity index (χ2n) is 7.17. The smallest absolute Gasteiger partial charge is 0.221 e. The SMILES string of the molecule is NC(=O)Cc1cccc(-c2ccc3c(N)c(C(=O)C4CC=C(Cl)C=C4Cl)oc3c2)c1. The monoisotopic (exact) mass is 440 g/mol. The summed E-state index contributed by atoms with van der Waals surface area (Å²) in [6.07, 6.45) is 3.86. The molecule has 1 atom stereocenters. The second kappa shape index (κ2) is 8.01. The number of nitrogens with two attached hydrogens (primary N) is 2. The number of carbonyl (C=O) groups excluding carboxylic acids is 2. The number of primary amides is 1. The Morgan fingerprint density at radius 1 is 1.10 bits per heavy atom. The van der Waals surface area contributed by atoms with Crippen LogP contribution >= 0.6 is 23.2 Å². The van der Waals surface area contributed by atoms with Gasteiger partial charge < -0.3 is 15.9 Å². The first kappa shape index (κ1) is 20.3. The van der Waals surface area contributed by atoms with Crippen LogP contribution < -0.4 is 11.5 Å². The average molecular weight is 441 g/mol. The fourth-order valence-electron chi connectivity index (χ4n) is 3.57. The van der Waals surface area contributed by atoms with E-state index in [-0.39, 0.29) is 23.7 Å². The highest BCUT2D eigenvalue weighted by Gasteiger charge is 2.30. The van der Waals surface area contributed by atoms with Crippen LogP contribution in [0.25, 0.3) is 22.1 Å². The third kappa shape index (κ3) is 3.86. The zero-order valence-electron chi connectivity index (χ0n) is 15.8. The summed E-state index contributed by atoms with van der Waals surface area (Å²) < 4.78 is 5.86. The topological polar surface area (TPSA) is 99.3 Å². The van der Waals surface area contributed by atoms with E-state index in [0.29, 0.717) is 27.5 Å². The van der Waals surface area contributed by atoms with E-state index in [1.165, 1.54) is 0 Å². The first-order valence-corrected chi connectivity index (χ1v) is 10.1. The molecule has 5 nitrogen and oxygen atoms in total. The highest BCUT2D eigenvalue weighted by Crippen LogP contribution is 2.37. The Bertz CT molecular complexity index is 1240. The average Bonchev–Trinajstić information content (AvgIpc) is 3.03. The van der Waals surface area contributed by atoms with E-state index in [1.807, 2.05) is 42.5 Å². The van der Waals surface area contributed by atoms with E-state index in [1.54, 1.807) is 12.2 Å². The minimum atomic E-state index is -0.568. The van der Waals surface area contributed by atoms with E-state index in [0.717, 1.165) is 16.7 Å². The number of nitrogen functional groups attached to an aromatic ring is 1. The van der Waals surface area contributed by atoms with Crippen molar-refractivity contribution < 1.29 is 14.0 Å². The van der Waals surface area contributed by atoms with Crippen LogP contribution in [0.4, 0.5) is 5.69 Å². The third-order valence-corrected chi connectivity index (χ3v) is 5.70. The van der Waals surface area contributed by atoms with Crippen LogP contribution in [0.5, 0.6) is 0 Å². The number of fused-ring (bicyclic) bond motifs is 1. The summed E-state index contributed by atoms with van der Waals surface area (Å²) in [7, 11) is 0. The molecule has 1 aliphatic rings.